The molecule has 0 bridgehead atoms. The lowest BCUT2D eigenvalue weighted by Crippen LogP contribution is -2.33. The Hall–Kier alpha value is -3.33. The van der Waals surface area contributed by atoms with E-state index in [0.717, 1.165) is 0 Å². The van der Waals surface area contributed by atoms with Gasteiger partial charge in [-0.05, 0) is 6.07 Å². The number of hydrogen-bond acceptors (Lipinski definition) is 9. The smallest absolute Gasteiger partial charge is 0.329 e. The Morgan fingerprint density at radius 3 is 2.93 bits per heavy atom. The molecule has 1 aliphatic heterocycles. The van der Waals surface area contributed by atoms with Gasteiger partial charge in [0.15, 0.2) is 0 Å². The molecule has 2 aromatic rings. The maximum absolute atomic E-state index is 12.6. The highest BCUT2D eigenvalue weighted by Gasteiger charge is 2.22. The van der Waals surface area contributed by atoms with Crippen LogP contribution in [0.3, 0.4) is 0 Å². The number of aromatic nitrogens is 3. The Bertz CT molecular complexity index is 896. The predicted octanol–water partition coefficient (Wildman–Crippen LogP) is 1.52. The van der Waals surface area contributed by atoms with E-state index in [9.17, 15) is 10.1 Å². The molecule has 2 aromatic heterocycles. The van der Waals surface area contributed by atoms with E-state index in [4.69, 9.17) is 14.2 Å². The summed E-state index contributed by atoms with van der Waals surface area (Å²) in [7, 11) is 3.12. The monoisotopic (exact) mass is 399 g/mol. The number of carbonyl (C=O) groups is 1. The normalized spacial score (nSPS) is 13.7. The molecule has 29 heavy (non-hydrogen) atoms. The number of rotatable bonds is 7. The molecule has 0 radical (unpaired) electrons. The summed E-state index contributed by atoms with van der Waals surface area (Å²) in [6.45, 7) is 1.96. The topological polar surface area (TPSA) is 135 Å². The van der Waals surface area contributed by atoms with E-state index in [0.29, 0.717) is 43.3 Å². The number of amides is 2. The summed E-state index contributed by atoms with van der Waals surface area (Å²) in [5, 5.41) is 14.9. The van der Waals surface area contributed by atoms with Crippen LogP contribution in [-0.2, 0) is 14.2 Å². The first-order valence-corrected chi connectivity index (χ1v) is 8.86. The van der Waals surface area contributed by atoms with Gasteiger partial charge in [0.2, 0.25) is 12.2 Å². The highest BCUT2D eigenvalue weighted by atomic mass is 16.7. The van der Waals surface area contributed by atoms with Gasteiger partial charge in [0, 0.05) is 39.2 Å². The third-order valence-corrected chi connectivity index (χ3v) is 4.01. The number of nitriles is 1. The number of carbonyl (C=O) groups excluding carboxylic acids is 1. The van der Waals surface area contributed by atoms with Crippen molar-refractivity contribution in [3.8, 4) is 6.07 Å². The number of hydrogen-bond donors (Lipinski definition) is 2. The van der Waals surface area contributed by atoms with Gasteiger partial charge in [-0.15, -0.1) is 0 Å². The van der Waals surface area contributed by atoms with Crippen LogP contribution in [0.1, 0.15) is 17.5 Å². The van der Waals surface area contributed by atoms with E-state index in [1.165, 1.54) is 24.3 Å². The first-order chi connectivity index (χ1) is 14.1. The zero-order valence-corrected chi connectivity index (χ0v) is 16.1. The molecule has 0 spiro atoms. The Balaban J connectivity index is 1.70. The number of anilines is 3. The quantitative estimate of drug-likeness (QED) is 0.664. The Labute approximate surface area is 167 Å². The van der Waals surface area contributed by atoms with Crippen LogP contribution in [0.4, 0.5) is 22.2 Å². The minimum absolute atomic E-state index is 0.186. The minimum Gasteiger partial charge on any atom is -0.383 e. The Morgan fingerprint density at radius 1 is 1.41 bits per heavy atom. The van der Waals surface area contributed by atoms with Crippen molar-refractivity contribution in [1.29, 1.82) is 5.26 Å². The first-order valence-electron chi connectivity index (χ1n) is 8.86. The molecule has 0 saturated carbocycles. The van der Waals surface area contributed by atoms with Crippen molar-refractivity contribution in [2.45, 2.75) is 6.29 Å². The van der Waals surface area contributed by atoms with Crippen molar-refractivity contribution in [2.24, 2.45) is 0 Å². The third-order valence-electron chi connectivity index (χ3n) is 4.01. The van der Waals surface area contributed by atoms with Crippen LogP contribution in [0, 0.1) is 11.3 Å². The van der Waals surface area contributed by atoms with Gasteiger partial charge in [-0.2, -0.15) is 5.26 Å². The molecule has 0 aromatic carbocycles. The van der Waals surface area contributed by atoms with Crippen LogP contribution in [-0.4, -0.2) is 61.5 Å². The number of nitrogens with zero attached hydrogens (tertiary/aromatic N) is 5. The molecular weight excluding hydrogens is 378 g/mol. The standard InChI is InChI=1S/C18H21N7O4/c1-25(17-21-4-3-13(23-17)16-28-7-8-29-16)18(26)24-15-9-14(20-5-6-27-2)12(10-19)11-22-15/h3-4,9,11,16H,5-8H2,1-2H3,(H2,20,22,24,26). The fourth-order valence-electron chi connectivity index (χ4n) is 2.52. The molecule has 11 heteroatoms. The predicted molar refractivity (Wildman–Crippen MR) is 103 cm³/mol. The maximum Gasteiger partial charge on any atom is 0.329 e. The largest absolute Gasteiger partial charge is 0.383 e. The number of methoxy groups -OCH3 is 1. The lowest BCUT2D eigenvalue weighted by Gasteiger charge is -2.17. The molecule has 152 valence electrons. The van der Waals surface area contributed by atoms with E-state index in [1.54, 1.807) is 19.2 Å². The summed E-state index contributed by atoms with van der Waals surface area (Å²) in [4.78, 5) is 26.4. The number of pyridine rings is 1. The van der Waals surface area contributed by atoms with Gasteiger partial charge < -0.3 is 19.5 Å². The van der Waals surface area contributed by atoms with E-state index >= 15 is 0 Å². The van der Waals surface area contributed by atoms with Crippen molar-refractivity contribution >= 4 is 23.5 Å². The van der Waals surface area contributed by atoms with Crippen molar-refractivity contribution in [3.63, 3.8) is 0 Å². The van der Waals surface area contributed by atoms with Crippen LogP contribution < -0.4 is 15.5 Å². The van der Waals surface area contributed by atoms with Crippen LogP contribution in [0.15, 0.2) is 24.5 Å². The van der Waals surface area contributed by atoms with Crippen molar-refractivity contribution < 1.29 is 19.0 Å². The second kappa shape index (κ2) is 9.74. The summed E-state index contributed by atoms with van der Waals surface area (Å²) < 4.78 is 15.8. The Kier molecular flexibility index (Phi) is 6.85. The highest BCUT2D eigenvalue weighted by Crippen LogP contribution is 2.23. The first kappa shape index (κ1) is 20.4. The van der Waals surface area contributed by atoms with Crippen molar-refractivity contribution in [2.75, 3.05) is 56.1 Å². The van der Waals surface area contributed by atoms with Crippen molar-refractivity contribution in [1.82, 2.24) is 15.0 Å². The van der Waals surface area contributed by atoms with E-state index < -0.39 is 12.3 Å². The van der Waals surface area contributed by atoms with Gasteiger partial charge >= 0.3 is 6.03 Å². The zero-order chi connectivity index (χ0) is 20.6. The average Bonchev–Trinajstić information content (AvgIpc) is 3.29. The molecule has 1 fully saturated rings. The molecule has 3 heterocycles. The second-order valence-electron chi connectivity index (χ2n) is 5.99. The van der Waals surface area contributed by atoms with Crippen LogP contribution in [0.2, 0.25) is 0 Å². The van der Waals surface area contributed by atoms with Gasteiger partial charge in [-0.1, -0.05) is 0 Å². The zero-order valence-electron chi connectivity index (χ0n) is 16.1. The molecule has 1 aliphatic rings. The molecular formula is C18H21N7O4. The Morgan fingerprint density at radius 2 is 2.21 bits per heavy atom. The molecule has 0 unspecified atom stereocenters. The number of nitrogens with one attached hydrogen (secondary N) is 2. The number of urea groups is 1. The van der Waals surface area contributed by atoms with Crippen LogP contribution in [0.5, 0.6) is 0 Å². The number of ether oxygens (including phenoxy) is 3. The SMILES string of the molecule is COCCNc1cc(NC(=O)N(C)c2nccc(C3OCCO3)n2)ncc1C#N. The fraction of sp³-hybridized carbons (Fsp3) is 0.389. The maximum atomic E-state index is 12.6. The molecule has 2 amide bonds. The lowest BCUT2D eigenvalue weighted by molar-refractivity contribution is -0.0473. The van der Waals surface area contributed by atoms with Crippen LogP contribution >= 0.6 is 0 Å². The summed E-state index contributed by atoms with van der Waals surface area (Å²) in [6.07, 6.45) is 2.36. The van der Waals surface area contributed by atoms with Crippen molar-refractivity contribution in [3.05, 3.63) is 35.8 Å². The van der Waals surface area contributed by atoms with Gasteiger partial charge in [-0.25, -0.2) is 19.7 Å². The second-order valence-corrected chi connectivity index (χ2v) is 5.99. The van der Waals surface area contributed by atoms with E-state index in [2.05, 4.69) is 31.7 Å². The summed E-state index contributed by atoms with van der Waals surface area (Å²) in [5.41, 5.74) is 1.44. The fourth-order valence-corrected chi connectivity index (χ4v) is 2.52. The lowest BCUT2D eigenvalue weighted by atomic mass is 10.2. The molecule has 0 atom stereocenters. The average molecular weight is 399 g/mol. The molecule has 0 aliphatic carbocycles. The summed E-state index contributed by atoms with van der Waals surface area (Å²) in [6, 6.07) is 4.81. The van der Waals surface area contributed by atoms with Gasteiger partial charge in [0.1, 0.15) is 17.6 Å². The van der Waals surface area contributed by atoms with E-state index in [-0.39, 0.29) is 11.8 Å². The van der Waals surface area contributed by atoms with Gasteiger partial charge in [0.25, 0.3) is 0 Å². The minimum atomic E-state index is -0.561. The van der Waals surface area contributed by atoms with Crippen LogP contribution in [0.25, 0.3) is 0 Å². The van der Waals surface area contributed by atoms with E-state index in [1.807, 2.05) is 0 Å². The highest BCUT2D eigenvalue weighted by molar-refractivity contribution is 5.99. The molecule has 2 N–H and O–H groups in total. The molecule has 11 nitrogen and oxygen atoms in total. The summed E-state index contributed by atoms with van der Waals surface area (Å²) >= 11 is 0. The van der Waals surface area contributed by atoms with Gasteiger partial charge in [0.05, 0.1) is 31.1 Å². The third kappa shape index (κ3) is 5.14. The summed E-state index contributed by atoms with van der Waals surface area (Å²) in [5.74, 6) is 0.463. The molecule has 1 saturated heterocycles. The van der Waals surface area contributed by atoms with Gasteiger partial charge in [-0.3, -0.25) is 10.2 Å². The molecule has 3 rings (SSSR count).